The van der Waals surface area contributed by atoms with Gasteiger partial charge in [-0.25, -0.2) is 5.43 Å². The van der Waals surface area contributed by atoms with Gasteiger partial charge in [-0.05, 0) is 42.8 Å². The van der Waals surface area contributed by atoms with Crippen molar-refractivity contribution in [2.45, 2.75) is 19.4 Å². The van der Waals surface area contributed by atoms with E-state index in [1.54, 1.807) is 24.3 Å². The molecule has 0 spiro atoms. The van der Waals surface area contributed by atoms with Crippen LogP contribution in [0.5, 0.6) is 5.75 Å². The summed E-state index contributed by atoms with van der Waals surface area (Å²) in [5, 5.41) is 16.7. The van der Waals surface area contributed by atoms with E-state index in [0.29, 0.717) is 12.0 Å². The molecule has 1 unspecified atom stereocenters. The Morgan fingerprint density at radius 1 is 1.26 bits per heavy atom. The van der Waals surface area contributed by atoms with E-state index in [4.69, 9.17) is 0 Å². The number of para-hydroxylation sites is 1. The lowest BCUT2D eigenvalue weighted by molar-refractivity contribution is -0.121. The first-order valence-corrected chi connectivity index (χ1v) is 8.02. The van der Waals surface area contributed by atoms with Gasteiger partial charge in [-0.2, -0.15) is 5.10 Å². The van der Waals surface area contributed by atoms with Crippen LogP contribution in [0.1, 0.15) is 18.9 Å². The van der Waals surface area contributed by atoms with E-state index in [9.17, 15) is 9.90 Å². The number of rotatable bonds is 6. The number of amides is 1. The quantitative estimate of drug-likeness (QED) is 0.534. The number of phenolic OH excluding ortho intramolecular Hbond substituents is 1. The van der Waals surface area contributed by atoms with Gasteiger partial charge in [0, 0.05) is 15.7 Å². The maximum atomic E-state index is 12.2. The molecule has 2 aromatic carbocycles. The Balaban J connectivity index is 1.95. The number of phenols is 1. The molecule has 0 fully saturated rings. The number of halogens is 1. The van der Waals surface area contributed by atoms with Gasteiger partial charge in [-0.1, -0.05) is 35.0 Å². The van der Waals surface area contributed by atoms with E-state index in [0.717, 1.165) is 10.2 Å². The molecule has 0 bridgehead atoms. The molecule has 0 saturated carbocycles. The van der Waals surface area contributed by atoms with Crippen LogP contribution in [0.3, 0.4) is 0 Å². The smallest absolute Gasteiger partial charge is 0.262 e. The molecule has 1 atom stereocenters. The van der Waals surface area contributed by atoms with Gasteiger partial charge in [0.25, 0.3) is 5.91 Å². The number of hydrazone groups is 1. The molecule has 23 heavy (non-hydrogen) atoms. The molecule has 1 amide bonds. The van der Waals surface area contributed by atoms with Crippen molar-refractivity contribution in [1.82, 2.24) is 5.43 Å². The van der Waals surface area contributed by atoms with Gasteiger partial charge < -0.3 is 10.4 Å². The Morgan fingerprint density at radius 2 is 1.96 bits per heavy atom. The molecule has 5 nitrogen and oxygen atoms in total. The summed E-state index contributed by atoms with van der Waals surface area (Å²) < 4.78 is 0.979. The lowest BCUT2D eigenvalue weighted by Crippen LogP contribution is -2.36. The summed E-state index contributed by atoms with van der Waals surface area (Å²) in [5.74, 6) is -0.118. The maximum Gasteiger partial charge on any atom is 0.262 e. The summed E-state index contributed by atoms with van der Waals surface area (Å²) in [4.78, 5) is 12.2. The fourth-order valence-corrected chi connectivity index (χ4v) is 2.20. The van der Waals surface area contributed by atoms with Gasteiger partial charge >= 0.3 is 0 Å². The van der Waals surface area contributed by atoms with Crippen LogP contribution in [-0.2, 0) is 4.79 Å². The zero-order valence-electron chi connectivity index (χ0n) is 12.7. The number of benzene rings is 2. The number of carbonyl (C=O) groups excluding carboxylic acids is 1. The Bertz CT molecular complexity index is 686. The molecule has 2 rings (SSSR count). The summed E-state index contributed by atoms with van der Waals surface area (Å²) in [6.07, 6.45) is 2.04. The first-order valence-electron chi connectivity index (χ1n) is 7.23. The zero-order valence-corrected chi connectivity index (χ0v) is 14.2. The molecule has 0 saturated heterocycles. The third kappa shape index (κ3) is 5.10. The molecule has 0 aliphatic heterocycles. The average Bonchev–Trinajstić information content (AvgIpc) is 2.56. The number of hydrogen-bond donors (Lipinski definition) is 3. The molecule has 3 N–H and O–H groups in total. The topological polar surface area (TPSA) is 73.7 Å². The number of aromatic hydroxyl groups is 1. The van der Waals surface area contributed by atoms with Crippen molar-refractivity contribution in [3.63, 3.8) is 0 Å². The van der Waals surface area contributed by atoms with Crippen LogP contribution in [-0.4, -0.2) is 23.3 Å². The van der Waals surface area contributed by atoms with Crippen LogP contribution >= 0.6 is 15.9 Å². The van der Waals surface area contributed by atoms with E-state index in [1.807, 2.05) is 31.2 Å². The molecule has 6 heteroatoms. The number of carbonyl (C=O) groups is 1. The maximum absolute atomic E-state index is 12.2. The molecule has 0 aliphatic carbocycles. The molecule has 2 aromatic rings. The van der Waals surface area contributed by atoms with Crippen LogP contribution < -0.4 is 10.7 Å². The average molecular weight is 376 g/mol. The van der Waals surface area contributed by atoms with Crippen molar-refractivity contribution >= 4 is 33.7 Å². The van der Waals surface area contributed by atoms with Gasteiger partial charge in [0.1, 0.15) is 11.8 Å². The summed E-state index contributed by atoms with van der Waals surface area (Å²) in [5.41, 5.74) is 3.89. The Hall–Kier alpha value is -2.34. The number of nitrogens with zero attached hydrogens (tertiary/aromatic N) is 1. The summed E-state index contributed by atoms with van der Waals surface area (Å²) in [6, 6.07) is 14.0. The lowest BCUT2D eigenvalue weighted by atomic mass is 10.2. The van der Waals surface area contributed by atoms with Crippen LogP contribution in [0.2, 0.25) is 0 Å². The Morgan fingerprint density at radius 3 is 2.61 bits per heavy atom. The molecular formula is C17H18BrN3O2. The Labute approximate surface area is 143 Å². The van der Waals surface area contributed by atoms with Crippen molar-refractivity contribution in [2.75, 3.05) is 5.32 Å². The van der Waals surface area contributed by atoms with E-state index in [2.05, 4.69) is 31.8 Å². The van der Waals surface area contributed by atoms with Gasteiger partial charge in [0.05, 0.1) is 6.21 Å². The minimum absolute atomic E-state index is 0.116. The van der Waals surface area contributed by atoms with E-state index < -0.39 is 6.04 Å². The van der Waals surface area contributed by atoms with Crippen LogP contribution in [0, 0.1) is 0 Å². The highest BCUT2D eigenvalue weighted by Gasteiger charge is 2.15. The van der Waals surface area contributed by atoms with Gasteiger partial charge in [-0.3, -0.25) is 4.79 Å². The van der Waals surface area contributed by atoms with Crippen molar-refractivity contribution in [1.29, 1.82) is 0 Å². The van der Waals surface area contributed by atoms with Crippen molar-refractivity contribution in [3.05, 3.63) is 58.6 Å². The highest BCUT2D eigenvalue weighted by atomic mass is 79.9. The van der Waals surface area contributed by atoms with Crippen molar-refractivity contribution < 1.29 is 9.90 Å². The van der Waals surface area contributed by atoms with E-state index in [-0.39, 0.29) is 11.7 Å². The largest absolute Gasteiger partial charge is 0.507 e. The van der Waals surface area contributed by atoms with Crippen molar-refractivity contribution in [3.8, 4) is 5.75 Å². The summed E-state index contributed by atoms with van der Waals surface area (Å²) >= 11 is 3.37. The number of hydrogen-bond acceptors (Lipinski definition) is 4. The summed E-state index contributed by atoms with van der Waals surface area (Å²) in [6.45, 7) is 1.92. The van der Waals surface area contributed by atoms with Crippen LogP contribution in [0.15, 0.2) is 58.1 Å². The highest BCUT2D eigenvalue weighted by Crippen LogP contribution is 2.16. The molecule has 120 valence electrons. The number of nitrogens with one attached hydrogen (secondary N) is 2. The van der Waals surface area contributed by atoms with E-state index in [1.165, 1.54) is 6.21 Å². The third-order valence-electron chi connectivity index (χ3n) is 3.22. The van der Waals surface area contributed by atoms with Crippen LogP contribution in [0.4, 0.5) is 5.69 Å². The fourth-order valence-electron chi connectivity index (χ4n) is 1.94. The normalized spacial score (nSPS) is 12.1. The summed E-state index contributed by atoms with van der Waals surface area (Å²) in [7, 11) is 0. The third-order valence-corrected chi connectivity index (χ3v) is 3.75. The van der Waals surface area contributed by atoms with Gasteiger partial charge in [-0.15, -0.1) is 0 Å². The standard InChI is InChI=1S/C17H18BrN3O2/c1-2-15(20-14-9-7-13(18)8-10-14)17(23)21-19-11-12-5-3-4-6-16(12)22/h3-11,15,20,22H,2H2,1H3,(H,21,23)/b19-11+. The minimum Gasteiger partial charge on any atom is -0.507 e. The molecule has 0 radical (unpaired) electrons. The van der Waals surface area contributed by atoms with Gasteiger partial charge in [0.15, 0.2) is 0 Å². The molecular weight excluding hydrogens is 358 g/mol. The second kappa shape index (κ2) is 8.33. The predicted molar refractivity (Wildman–Crippen MR) is 95.7 cm³/mol. The number of anilines is 1. The second-order valence-electron chi connectivity index (χ2n) is 4.91. The molecule has 0 heterocycles. The first kappa shape index (κ1) is 17.0. The predicted octanol–water partition coefficient (Wildman–Crippen LogP) is 3.50. The molecule has 0 aromatic heterocycles. The SMILES string of the molecule is CCC(Nc1ccc(Br)cc1)C(=O)N/N=C/c1ccccc1O. The second-order valence-corrected chi connectivity index (χ2v) is 5.82. The van der Waals surface area contributed by atoms with Crippen LogP contribution in [0.25, 0.3) is 0 Å². The zero-order chi connectivity index (χ0) is 16.7. The van der Waals surface area contributed by atoms with E-state index >= 15 is 0 Å². The molecule has 0 aliphatic rings. The first-order chi connectivity index (χ1) is 11.1. The monoisotopic (exact) mass is 375 g/mol. The van der Waals surface area contributed by atoms with Gasteiger partial charge in [0.2, 0.25) is 0 Å². The van der Waals surface area contributed by atoms with Crippen molar-refractivity contribution in [2.24, 2.45) is 5.10 Å². The lowest BCUT2D eigenvalue weighted by Gasteiger charge is -2.16. The highest BCUT2D eigenvalue weighted by molar-refractivity contribution is 9.10. The Kier molecular flexibility index (Phi) is 6.17. The fraction of sp³-hybridized carbons (Fsp3) is 0.176. The minimum atomic E-state index is -0.391.